The molecule has 0 spiro atoms. The van der Waals surface area contributed by atoms with Crippen molar-refractivity contribution in [2.45, 2.75) is 24.6 Å². The summed E-state index contributed by atoms with van der Waals surface area (Å²) in [7, 11) is 0. The van der Waals surface area contributed by atoms with E-state index in [1.807, 2.05) is 24.3 Å². The molecule has 0 radical (unpaired) electrons. The molecule has 4 rings (SSSR count). The molecule has 6 nitrogen and oxygen atoms in total. The van der Waals surface area contributed by atoms with Gasteiger partial charge in [0.05, 0.1) is 19.3 Å². The van der Waals surface area contributed by atoms with Crippen LogP contribution in [-0.4, -0.2) is 70.5 Å². The summed E-state index contributed by atoms with van der Waals surface area (Å²) in [5.41, 5.74) is 1.32. The van der Waals surface area contributed by atoms with Crippen molar-refractivity contribution < 1.29 is 9.84 Å². The first-order valence-corrected chi connectivity index (χ1v) is 9.06. The van der Waals surface area contributed by atoms with Crippen molar-refractivity contribution in [2.24, 2.45) is 0 Å². The smallest absolute Gasteiger partial charge is 0.108 e. The molecule has 6 heteroatoms. The summed E-state index contributed by atoms with van der Waals surface area (Å²) in [4.78, 5) is 4.81. The van der Waals surface area contributed by atoms with Crippen LogP contribution >= 0.6 is 0 Å². The van der Waals surface area contributed by atoms with Crippen LogP contribution in [0.2, 0.25) is 0 Å². The van der Waals surface area contributed by atoms with Gasteiger partial charge in [0.25, 0.3) is 0 Å². The molecule has 2 saturated heterocycles. The highest BCUT2D eigenvalue weighted by Crippen LogP contribution is 2.36. The summed E-state index contributed by atoms with van der Waals surface area (Å²) in [5.74, 6) is 0. The number of aromatic amines is 1. The fourth-order valence-corrected chi connectivity index (χ4v) is 4.11. The first-order valence-electron chi connectivity index (χ1n) is 9.06. The third-order valence-electron chi connectivity index (χ3n) is 5.50. The summed E-state index contributed by atoms with van der Waals surface area (Å²) >= 11 is 0. The van der Waals surface area contributed by atoms with Crippen LogP contribution in [0, 0.1) is 0 Å². The second kappa shape index (κ2) is 7.25. The van der Waals surface area contributed by atoms with E-state index in [1.165, 1.54) is 0 Å². The Morgan fingerprint density at radius 1 is 1.16 bits per heavy atom. The quantitative estimate of drug-likeness (QED) is 0.874. The maximum Gasteiger partial charge on any atom is 0.108 e. The third-order valence-corrected chi connectivity index (χ3v) is 5.50. The van der Waals surface area contributed by atoms with Crippen LogP contribution in [0.25, 0.3) is 0 Å². The molecule has 2 aromatic rings. The normalized spacial score (nSPS) is 28.9. The zero-order valence-electron chi connectivity index (χ0n) is 14.5. The molecule has 2 atom stereocenters. The fourth-order valence-electron chi connectivity index (χ4n) is 4.11. The Labute approximate surface area is 148 Å². The second-order valence-corrected chi connectivity index (χ2v) is 7.02. The van der Waals surface area contributed by atoms with Crippen LogP contribution < -0.4 is 0 Å². The van der Waals surface area contributed by atoms with Crippen LogP contribution in [0.1, 0.15) is 17.7 Å². The van der Waals surface area contributed by atoms with Gasteiger partial charge in [-0.3, -0.25) is 14.9 Å². The second-order valence-electron chi connectivity index (χ2n) is 7.02. The summed E-state index contributed by atoms with van der Waals surface area (Å²) < 4.78 is 5.53. The number of nitrogens with zero attached hydrogens (tertiary/aromatic N) is 3. The van der Waals surface area contributed by atoms with Crippen LogP contribution in [0.3, 0.4) is 0 Å². The Bertz CT molecular complexity index is 657. The van der Waals surface area contributed by atoms with E-state index in [2.05, 4.69) is 32.1 Å². The minimum absolute atomic E-state index is 0.0653. The van der Waals surface area contributed by atoms with Crippen LogP contribution in [0.15, 0.2) is 42.6 Å². The lowest BCUT2D eigenvalue weighted by Gasteiger charge is -2.50. The first kappa shape index (κ1) is 16.7. The molecule has 0 saturated carbocycles. The Morgan fingerprint density at radius 2 is 1.96 bits per heavy atom. The van der Waals surface area contributed by atoms with Crippen molar-refractivity contribution in [3.05, 3.63) is 53.9 Å². The monoisotopic (exact) mass is 342 g/mol. The topological polar surface area (TPSA) is 64.6 Å². The number of aliphatic hydroxyl groups is 1. The Morgan fingerprint density at radius 3 is 2.68 bits per heavy atom. The average Bonchev–Trinajstić information content (AvgIpc) is 3.18. The Kier molecular flexibility index (Phi) is 4.85. The van der Waals surface area contributed by atoms with E-state index in [9.17, 15) is 5.11 Å². The molecule has 2 N–H and O–H groups in total. The van der Waals surface area contributed by atoms with Crippen molar-refractivity contribution in [2.75, 3.05) is 39.4 Å². The molecule has 0 bridgehead atoms. The number of H-pyrrole nitrogens is 1. The van der Waals surface area contributed by atoms with Crippen LogP contribution in [0.5, 0.6) is 0 Å². The Balaban J connectivity index is 1.58. The minimum atomic E-state index is -0.816. The van der Waals surface area contributed by atoms with E-state index in [-0.39, 0.29) is 6.04 Å². The molecular formula is C19H26N4O2. The van der Waals surface area contributed by atoms with Gasteiger partial charge in [0.15, 0.2) is 0 Å². The van der Waals surface area contributed by atoms with E-state index in [0.29, 0.717) is 0 Å². The summed E-state index contributed by atoms with van der Waals surface area (Å²) in [5, 5.41) is 18.8. The van der Waals surface area contributed by atoms with Crippen LogP contribution in [-0.2, 0) is 16.9 Å². The van der Waals surface area contributed by atoms with Gasteiger partial charge in [-0.1, -0.05) is 30.3 Å². The van der Waals surface area contributed by atoms with Gasteiger partial charge in [0.1, 0.15) is 5.60 Å². The molecule has 134 valence electrons. The predicted octanol–water partition coefficient (Wildman–Crippen LogP) is 1.20. The zero-order chi connectivity index (χ0) is 17.1. The summed E-state index contributed by atoms with van der Waals surface area (Å²) in [6.07, 6.45) is 2.52. The number of ether oxygens (including phenoxy) is 1. The third kappa shape index (κ3) is 3.48. The van der Waals surface area contributed by atoms with Gasteiger partial charge in [0.2, 0.25) is 0 Å². The van der Waals surface area contributed by atoms with Crippen molar-refractivity contribution in [3.8, 4) is 0 Å². The number of piperidine rings is 1. The van der Waals surface area contributed by atoms with Gasteiger partial charge >= 0.3 is 0 Å². The highest BCUT2D eigenvalue weighted by atomic mass is 16.5. The van der Waals surface area contributed by atoms with E-state index >= 15 is 0 Å². The van der Waals surface area contributed by atoms with E-state index < -0.39 is 5.60 Å². The summed E-state index contributed by atoms with van der Waals surface area (Å²) in [6.45, 7) is 5.76. The molecule has 1 aromatic carbocycles. The number of hydrogen-bond donors (Lipinski definition) is 2. The lowest BCUT2D eigenvalue weighted by molar-refractivity contribution is -0.119. The number of morpholine rings is 1. The molecule has 3 heterocycles. The maximum atomic E-state index is 11.7. The predicted molar refractivity (Wildman–Crippen MR) is 95.0 cm³/mol. The molecule has 0 unspecified atom stereocenters. The average molecular weight is 342 g/mol. The fraction of sp³-hybridized carbons (Fsp3) is 0.526. The zero-order valence-corrected chi connectivity index (χ0v) is 14.5. The van der Waals surface area contributed by atoms with Gasteiger partial charge in [-0.05, 0) is 18.1 Å². The molecule has 25 heavy (non-hydrogen) atoms. The van der Waals surface area contributed by atoms with Crippen molar-refractivity contribution in [1.82, 2.24) is 20.0 Å². The Hall–Kier alpha value is -1.73. The van der Waals surface area contributed by atoms with Gasteiger partial charge in [0, 0.05) is 44.6 Å². The first-order chi connectivity index (χ1) is 12.3. The van der Waals surface area contributed by atoms with Gasteiger partial charge in [-0.2, -0.15) is 5.10 Å². The molecule has 2 aliphatic heterocycles. The van der Waals surface area contributed by atoms with Crippen molar-refractivity contribution in [1.29, 1.82) is 0 Å². The van der Waals surface area contributed by atoms with Crippen LogP contribution in [0.4, 0.5) is 0 Å². The largest absolute Gasteiger partial charge is 0.383 e. The molecule has 0 aliphatic carbocycles. The van der Waals surface area contributed by atoms with Crippen molar-refractivity contribution >= 4 is 0 Å². The molecular weight excluding hydrogens is 316 g/mol. The molecule has 2 aliphatic rings. The highest BCUT2D eigenvalue weighted by Gasteiger charge is 2.45. The van der Waals surface area contributed by atoms with Gasteiger partial charge in [-0.25, -0.2) is 0 Å². The number of aromatic nitrogens is 2. The maximum absolute atomic E-state index is 11.7. The van der Waals surface area contributed by atoms with E-state index in [4.69, 9.17) is 4.74 Å². The number of rotatable bonds is 4. The van der Waals surface area contributed by atoms with E-state index in [0.717, 1.165) is 63.6 Å². The molecule has 2 fully saturated rings. The minimum Gasteiger partial charge on any atom is -0.383 e. The summed E-state index contributed by atoms with van der Waals surface area (Å²) in [6, 6.07) is 12.2. The van der Waals surface area contributed by atoms with Gasteiger partial charge in [-0.15, -0.1) is 0 Å². The number of benzene rings is 1. The van der Waals surface area contributed by atoms with Crippen molar-refractivity contribution in [3.63, 3.8) is 0 Å². The SMILES string of the molecule is O[C@]1(c2ccccc2)CCN(Cc2ccn[nH]2)C[C@H]1N1CCOCC1. The lowest BCUT2D eigenvalue weighted by Crippen LogP contribution is -2.62. The molecule has 0 amide bonds. The van der Waals surface area contributed by atoms with E-state index in [1.54, 1.807) is 6.20 Å². The lowest BCUT2D eigenvalue weighted by atomic mass is 9.79. The highest BCUT2D eigenvalue weighted by molar-refractivity contribution is 5.26. The number of hydrogen-bond acceptors (Lipinski definition) is 5. The van der Waals surface area contributed by atoms with Gasteiger partial charge < -0.3 is 9.84 Å². The number of likely N-dealkylation sites (tertiary alicyclic amines) is 1. The molecule has 1 aromatic heterocycles. The standard InChI is InChI=1S/C19H26N4O2/c24-19(16-4-2-1-3-5-16)7-9-22(14-17-6-8-20-21-17)15-18(19)23-10-12-25-13-11-23/h1-6,8,18,24H,7,9-15H2,(H,20,21)/t18-,19+/m1/s1. The number of nitrogens with one attached hydrogen (secondary N) is 1.